The number of aliphatic carboxylic acids is 1. The van der Waals surface area contributed by atoms with Crippen molar-refractivity contribution >= 4 is 16.4 Å². The highest BCUT2D eigenvalue weighted by Gasteiger charge is 2.45. The maximum Gasteiger partial charge on any atom is 0.217 e. The minimum absolute atomic E-state index is 0.0128. The number of aliphatic hydroxyl groups is 2. The highest BCUT2D eigenvalue weighted by molar-refractivity contribution is 7.80. The summed E-state index contributed by atoms with van der Waals surface area (Å²) in [6.07, 6.45) is -7.57. The Labute approximate surface area is 156 Å². The molecule has 12 nitrogen and oxygen atoms in total. The zero-order chi connectivity index (χ0) is 20.4. The fourth-order valence-electron chi connectivity index (χ4n) is 3.10. The lowest BCUT2D eigenvalue weighted by molar-refractivity contribution is -0.338. The van der Waals surface area contributed by atoms with E-state index in [0.717, 1.165) is 0 Å². The normalized spacial score (nSPS) is 40.6. The van der Waals surface area contributed by atoms with Gasteiger partial charge in [-0.25, -0.2) is 8.42 Å². The Morgan fingerprint density at radius 1 is 1.37 bits per heavy atom. The molecule has 158 valence electrons. The third-order valence-electron chi connectivity index (χ3n) is 4.55. The number of nitrogens with one attached hydrogen (secondary N) is 1. The Hall–Kier alpha value is -0.900. The molecule has 2 rings (SSSR count). The Morgan fingerprint density at radius 2 is 2.04 bits per heavy atom. The van der Waals surface area contributed by atoms with Gasteiger partial charge in [-0.05, 0) is 7.05 Å². The van der Waals surface area contributed by atoms with E-state index >= 15 is 0 Å². The molecule has 0 bridgehead atoms. The summed E-state index contributed by atoms with van der Waals surface area (Å²) in [5.41, 5.74) is 0. The van der Waals surface area contributed by atoms with Crippen molar-refractivity contribution in [3.05, 3.63) is 0 Å². The van der Waals surface area contributed by atoms with Crippen LogP contribution in [0.15, 0.2) is 0 Å². The first-order valence-electron chi connectivity index (χ1n) is 8.30. The van der Waals surface area contributed by atoms with Gasteiger partial charge in [0.15, 0.2) is 6.29 Å². The van der Waals surface area contributed by atoms with E-state index in [9.17, 15) is 33.1 Å². The Morgan fingerprint density at radius 3 is 2.59 bits per heavy atom. The molecule has 3 N–H and O–H groups in total. The highest BCUT2D eigenvalue weighted by Crippen LogP contribution is 2.28. The molecule has 2 aliphatic rings. The van der Waals surface area contributed by atoms with Crippen molar-refractivity contribution in [3.8, 4) is 0 Å². The van der Waals surface area contributed by atoms with E-state index in [2.05, 4.69) is 9.50 Å². The predicted octanol–water partition coefficient (Wildman–Crippen LogP) is -3.94. The van der Waals surface area contributed by atoms with Crippen LogP contribution < -0.4 is 10.4 Å². The smallest absolute Gasteiger partial charge is 0.217 e. The van der Waals surface area contributed by atoms with Gasteiger partial charge in [0.1, 0.15) is 12.2 Å². The summed E-state index contributed by atoms with van der Waals surface area (Å²) in [6, 6.07) is -0.822. The van der Waals surface area contributed by atoms with Crippen LogP contribution in [0.25, 0.3) is 0 Å². The SMILES string of the molecule is CNC1[C@H](O[C@H]2C(C(=O)[O-])OCC(C)[C@H]2O)OC(COS(=O)(=O)[O-])C[C@@H]1O. The number of hydrogen-bond acceptors (Lipinski definition) is 12. The van der Waals surface area contributed by atoms with Gasteiger partial charge in [-0.2, -0.15) is 0 Å². The van der Waals surface area contributed by atoms with Crippen LogP contribution in [0.1, 0.15) is 13.3 Å². The Bertz CT molecular complexity index is 614. The number of rotatable bonds is 7. The number of carboxylic acids is 1. The van der Waals surface area contributed by atoms with Gasteiger partial charge in [-0.15, -0.1) is 0 Å². The second kappa shape index (κ2) is 9.07. The molecule has 0 saturated carbocycles. The van der Waals surface area contributed by atoms with E-state index in [1.54, 1.807) is 6.92 Å². The van der Waals surface area contributed by atoms with Gasteiger partial charge in [-0.3, -0.25) is 4.18 Å². The molecule has 4 unspecified atom stereocenters. The fourth-order valence-corrected chi connectivity index (χ4v) is 3.42. The first kappa shape index (κ1) is 22.4. The number of carboxylic acid groups (broad SMARTS) is 1. The molecule has 0 aromatic carbocycles. The molecule has 27 heavy (non-hydrogen) atoms. The lowest BCUT2D eigenvalue weighted by atomic mass is 9.93. The number of carbonyl (C=O) groups is 1. The molecule has 0 radical (unpaired) electrons. The van der Waals surface area contributed by atoms with Crippen molar-refractivity contribution < 1.29 is 51.5 Å². The third-order valence-corrected chi connectivity index (χ3v) is 4.98. The standard InChI is InChI=1S/C14H25NO11S/c1-6-4-23-12(13(18)19)11(10(6)17)26-14-9(15-2)8(16)3-7(25-14)5-24-27(20,21)22/h6-12,14-17H,3-5H2,1-2H3,(H,18,19)(H,20,21,22)/p-2/t6?,7?,8-,9?,10+,11+,12?,14-/m0/s1. The van der Waals surface area contributed by atoms with E-state index < -0.39 is 71.7 Å². The number of likely N-dealkylation sites (N-methyl/N-ethyl adjacent to an activating group) is 1. The number of aliphatic hydroxyl groups excluding tert-OH is 2. The highest BCUT2D eigenvalue weighted by atomic mass is 32.3. The van der Waals surface area contributed by atoms with Crippen molar-refractivity contribution in [2.75, 3.05) is 20.3 Å². The van der Waals surface area contributed by atoms with Crippen LogP contribution in [-0.2, 0) is 33.6 Å². The molecule has 2 heterocycles. The van der Waals surface area contributed by atoms with E-state index in [0.29, 0.717) is 0 Å². The molecule has 0 amide bonds. The second-order valence-electron chi connectivity index (χ2n) is 6.58. The third kappa shape index (κ3) is 5.79. The van der Waals surface area contributed by atoms with E-state index in [1.807, 2.05) is 0 Å². The van der Waals surface area contributed by atoms with Crippen LogP contribution >= 0.6 is 0 Å². The van der Waals surface area contributed by atoms with Gasteiger partial charge >= 0.3 is 0 Å². The maximum absolute atomic E-state index is 11.3. The average molecular weight is 413 g/mol. The molecule has 0 aliphatic carbocycles. The minimum atomic E-state index is -4.95. The fraction of sp³-hybridized carbons (Fsp3) is 0.929. The van der Waals surface area contributed by atoms with Gasteiger partial charge in [0.05, 0.1) is 43.5 Å². The summed E-state index contributed by atoms with van der Waals surface area (Å²) < 4.78 is 52.3. The summed E-state index contributed by atoms with van der Waals surface area (Å²) in [6.45, 7) is 0.971. The van der Waals surface area contributed by atoms with Crippen LogP contribution in [-0.4, -0.2) is 92.3 Å². The van der Waals surface area contributed by atoms with Gasteiger partial charge in [0.2, 0.25) is 10.4 Å². The van der Waals surface area contributed by atoms with Crippen molar-refractivity contribution in [2.45, 2.75) is 56.2 Å². The van der Waals surface area contributed by atoms with Gasteiger partial charge < -0.3 is 44.2 Å². The average Bonchev–Trinajstić information content (AvgIpc) is 2.56. The van der Waals surface area contributed by atoms with E-state index in [4.69, 9.17) is 14.2 Å². The van der Waals surface area contributed by atoms with Crippen LogP contribution in [0, 0.1) is 5.92 Å². The number of hydrogen-bond donors (Lipinski definition) is 3. The van der Waals surface area contributed by atoms with Gasteiger partial charge in [-0.1, -0.05) is 6.92 Å². The molecule has 13 heteroatoms. The molecule has 0 aromatic rings. The number of carbonyl (C=O) groups excluding carboxylic acids is 1. The predicted molar refractivity (Wildman–Crippen MR) is 82.6 cm³/mol. The topological polar surface area (TPSA) is 187 Å². The molecule has 0 aromatic heterocycles. The summed E-state index contributed by atoms with van der Waals surface area (Å²) in [5, 5.41) is 34.6. The molecule has 2 saturated heterocycles. The zero-order valence-electron chi connectivity index (χ0n) is 14.7. The summed E-state index contributed by atoms with van der Waals surface area (Å²) in [5.74, 6) is -2.02. The number of ether oxygens (including phenoxy) is 3. The summed E-state index contributed by atoms with van der Waals surface area (Å²) in [7, 11) is -3.46. The van der Waals surface area contributed by atoms with Crippen molar-refractivity contribution in [2.24, 2.45) is 5.92 Å². The Kier molecular flexibility index (Phi) is 7.52. The lowest BCUT2D eigenvalue weighted by Crippen LogP contribution is -2.62. The first-order valence-corrected chi connectivity index (χ1v) is 9.63. The second-order valence-corrected chi connectivity index (χ2v) is 7.63. The van der Waals surface area contributed by atoms with E-state index in [-0.39, 0.29) is 13.0 Å². The van der Waals surface area contributed by atoms with Gasteiger partial charge in [0.25, 0.3) is 0 Å². The lowest BCUT2D eigenvalue weighted by Gasteiger charge is -2.45. The zero-order valence-corrected chi connectivity index (χ0v) is 15.5. The molecule has 8 atom stereocenters. The molecular weight excluding hydrogens is 390 g/mol. The quantitative estimate of drug-likeness (QED) is 0.272. The largest absolute Gasteiger partial charge is 0.726 e. The minimum Gasteiger partial charge on any atom is -0.726 e. The van der Waals surface area contributed by atoms with Crippen LogP contribution in [0.5, 0.6) is 0 Å². The van der Waals surface area contributed by atoms with Gasteiger partial charge in [0, 0.05) is 12.3 Å². The Balaban J connectivity index is 2.14. The van der Waals surface area contributed by atoms with Crippen molar-refractivity contribution in [3.63, 3.8) is 0 Å². The first-order chi connectivity index (χ1) is 12.5. The van der Waals surface area contributed by atoms with Crippen molar-refractivity contribution in [1.82, 2.24) is 5.32 Å². The van der Waals surface area contributed by atoms with Crippen molar-refractivity contribution in [1.29, 1.82) is 0 Å². The van der Waals surface area contributed by atoms with Crippen LogP contribution in [0.4, 0.5) is 0 Å². The maximum atomic E-state index is 11.3. The van der Waals surface area contributed by atoms with Crippen LogP contribution in [0.2, 0.25) is 0 Å². The van der Waals surface area contributed by atoms with Crippen LogP contribution in [0.3, 0.4) is 0 Å². The van der Waals surface area contributed by atoms with E-state index in [1.165, 1.54) is 7.05 Å². The molecule has 2 fully saturated rings. The molecular formula is C14H23NO11S-2. The summed E-state index contributed by atoms with van der Waals surface area (Å²) in [4.78, 5) is 11.3. The monoisotopic (exact) mass is 413 g/mol. The molecule has 2 aliphatic heterocycles. The summed E-state index contributed by atoms with van der Waals surface area (Å²) >= 11 is 0. The molecule has 0 spiro atoms.